The molecule has 1 aromatic carbocycles. The van der Waals surface area contributed by atoms with Crippen molar-refractivity contribution in [3.8, 4) is 0 Å². The largest absolute Gasteiger partial charge is 0.435 e. The van der Waals surface area contributed by atoms with E-state index in [1.807, 2.05) is 0 Å². The Bertz CT molecular complexity index is 914. The first kappa shape index (κ1) is 15.3. The number of likely N-dealkylation sites (N-methyl/N-ethyl adjacent to an activating group) is 1. The van der Waals surface area contributed by atoms with Crippen molar-refractivity contribution >= 4 is 27.8 Å². The van der Waals surface area contributed by atoms with Gasteiger partial charge in [-0.15, -0.1) is 0 Å². The molecule has 2 heterocycles. The summed E-state index contributed by atoms with van der Waals surface area (Å²) in [6, 6.07) is 6.93. The number of benzene rings is 1. The summed E-state index contributed by atoms with van der Waals surface area (Å²) in [5.74, 6) is -0.448. The number of aryl methyl sites for hydroxylation is 1. The lowest BCUT2D eigenvalue weighted by molar-refractivity contribution is -0.140. The SMILES string of the molecule is CNC(=O)Cn1nc(C(F)(F)F)c2c(C)c3ccccc3nc21. The third-order valence-corrected chi connectivity index (χ3v) is 3.68. The Labute approximate surface area is 129 Å². The van der Waals surface area contributed by atoms with Gasteiger partial charge in [-0.05, 0) is 18.6 Å². The zero-order chi connectivity index (χ0) is 16.8. The van der Waals surface area contributed by atoms with E-state index in [4.69, 9.17) is 0 Å². The quantitative estimate of drug-likeness (QED) is 0.789. The summed E-state index contributed by atoms with van der Waals surface area (Å²) < 4.78 is 41.0. The number of para-hydroxylation sites is 1. The highest BCUT2D eigenvalue weighted by atomic mass is 19.4. The Morgan fingerprint density at radius 1 is 1.30 bits per heavy atom. The van der Waals surface area contributed by atoms with Crippen LogP contribution in [-0.4, -0.2) is 27.7 Å². The molecule has 0 aliphatic heterocycles. The van der Waals surface area contributed by atoms with Crippen molar-refractivity contribution in [1.82, 2.24) is 20.1 Å². The predicted octanol–water partition coefficient (Wildman–Crippen LogP) is 2.66. The van der Waals surface area contributed by atoms with Gasteiger partial charge in [0, 0.05) is 12.4 Å². The summed E-state index contributed by atoms with van der Waals surface area (Å²) in [6.07, 6.45) is -4.62. The molecule has 1 N–H and O–H groups in total. The summed E-state index contributed by atoms with van der Waals surface area (Å²) in [5.41, 5.74) is 0.0367. The molecular weight excluding hydrogens is 309 g/mol. The van der Waals surface area contributed by atoms with Crippen LogP contribution in [0.4, 0.5) is 13.2 Å². The summed E-state index contributed by atoms with van der Waals surface area (Å²) in [7, 11) is 1.41. The number of hydrogen-bond acceptors (Lipinski definition) is 3. The normalized spacial score (nSPS) is 12.0. The van der Waals surface area contributed by atoms with Gasteiger partial charge in [-0.25, -0.2) is 9.67 Å². The number of nitrogens with one attached hydrogen (secondary N) is 1. The van der Waals surface area contributed by atoms with Gasteiger partial charge in [0.2, 0.25) is 5.91 Å². The molecule has 0 fully saturated rings. The Morgan fingerprint density at radius 2 is 2.00 bits per heavy atom. The summed E-state index contributed by atoms with van der Waals surface area (Å²) in [5, 5.41) is 6.53. The number of rotatable bonds is 2. The lowest BCUT2D eigenvalue weighted by Gasteiger charge is -2.07. The van der Waals surface area contributed by atoms with Crippen molar-refractivity contribution in [3.05, 3.63) is 35.5 Å². The fraction of sp³-hybridized carbons (Fsp3) is 0.267. The highest BCUT2D eigenvalue weighted by molar-refractivity contribution is 5.97. The molecule has 0 unspecified atom stereocenters. The fourth-order valence-electron chi connectivity index (χ4n) is 2.57. The monoisotopic (exact) mass is 322 g/mol. The minimum absolute atomic E-state index is 0.0529. The van der Waals surface area contributed by atoms with Gasteiger partial charge >= 0.3 is 6.18 Å². The van der Waals surface area contributed by atoms with E-state index >= 15 is 0 Å². The number of fused-ring (bicyclic) bond motifs is 2. The van der Waals surface area contributed by atoms with Gasteiger partial charge in [-0.1, -0.05) is 18.2 Å². The maximum atomic E-state index is 13.3. The van der Waals surface area contributed by atoms with Gasteiger partial charge in [-0.2, -0.15) is 18.3 Å². The van der Waals surface area contributed by atoms with Crippen molar-refractivity contribution < 1.29 is 18.0 Å². The second kappa shape index (κ2) is 5.22. The summed E-state index contributed by atoms with van der Waals surface area (Å²) >= 11 is 0. The van der Waals surface area contributed by atoms with Gasteiger partial charge < -0.3 is 5.32 Å². The van der Waals surface area contributed by atoms with Crippen LogP contribution in [0.3, 0.4) is 0 Å². The average molecular weight is 322 g/mol. The summed E-state index contributed by atoms with van der Waals surface area (Å²) in [6.45, 7) is 1.28. The van der Waals surface area contributed by atoms with Crippen molar-refractivity contribution in [2.24, 2.45) is 0 Å². The number of nitrogens with zero attached hydrogens (tertiary/aromatic N) is 3. The number of hydrogen-bond donors (Lipinski definition) is 1. The first-order valence-corrected chi connectivity index (χ1v) is 6.86. The molecule has 1 amide bonds. The molecule has 5 nitrogen and oxygen atoms in total. The molecule has 8 heteroatoms. The van der Waals surface area contributed by atoms with Gasteiger partial charge in [-0.3, -0.25) is 4.79 Å². The maximum absolute atomic E-state index is 13.3. The molecule has 0 atom stereocenters. The molecule has 23 heavy (non-hydrogen) atoms. The third kappa shape index (κ3) is 2.49. The van der Waals surface area contributed by atoms with Crippen molar-refractivity contribution in [2.45, 2.75) is 19.6 Å². The van der Waals surface area contributed by atoms with E-state index in [1.165, 1.54) is 7.05 Å². The molecule has 0 aliphatic carbocycles. The van der Waals surface area contributed by atoms with E-state index in [0.717, 1.165) is 4.68 Å². The number of alkyl halides is 3. The van der Waals surface area contributed by atoms with Gasteiger partial charge in [0.1, 0.15) is 6.54 Å². The lowest BCUT2D eigenvalue weighted by Crippen LogP contribution is -2.24. The number of aromatic nitrogens is 3. The molecular formula is C15H13F3N4O. The van der Waals surface area contributed by atoms with Crippen LogP contribution in [0.2, 0.25) is 0 Å². The minimum Gasteiger partial charge on any atom is -0.358 e. The second-order valence-corrected chi connectivity index (χ2v) is 5.13. The molecule has 3 aromatic rings. The first-order chi connectivity index (χ1) is 10.8. The predicted molar refractivity (Wildman–Crippen MR) is 78.8 cm³/mol. The van der Waals surface area contributed by atoms with Crippen LogP contribution in [0.1, 0.15) is 11.3 Å². The molecule has 0 spiro atoms. The second-order valence-electron chi connectivity index (χ2n) is 5.13. The number of pyridine rings is 1. The molecule has 120 valence electrons. The van der Waals surface area contributed by atoms with E-state index in [2.05, 4.69) is 15.4 Å². The minimum atomic E-state index is -4.62. The van der Waals surface area contributed by atoms with Crippen LogP contribution in [-0.2, 0) is 17.5 Å². The van der Waals surface area contributed by atoms with Gasteiger partial charge in [0.25, 0.3) is 0 Å². The maximum Gasteiger partial charge on any atom is 0.435 e. The van der Waals surface area contributed by atoms with Gasteiger partial charge in [0.15, 0.2) is 11.3 Å². The molecule has 0 saturated heterocycles. The third-order valence-electron chi connectivity index (χ3n) is 3.68. The number of carbonyl (C=O) groups excluding carboxylic acids is 1. The van der Waals surface area contributed by atoms with Crippen LogP contribution in [0.15, 0.2) is 24.3 Å². The van der Waals surface area contributed by atoms with E-state index in [1.54, 1.807) is 31.2 Å². The van der Waals surface area contributed by atoms with Gasteiger partial charge in [0.05, 0.1) is 10.9 Å². The molecule has 0 radical (unpaired) electrons. The van der Waals surface area contributed by atoms with Crippen molar-refractivity contribution in [3.63, 3.8) is 0 Å². The Balaban J connectivity index is 2.39. The van der Waals surface area contributed by atoms with E-state index in [-0.39, 0.29) is 17.6 Å². The van der Waals surface area contributed by atoms with Crippen molar-refractivity contribution in [1.29, 1.82) is 0 Å². The Morgan fingerprint density at radius 3 is 2.65 bits per heavy atom. The highest BCUT2D eigenvalue weighted by Crippen LogP contribution is 2.37. The molecule has 0 bridgehead atoms. The zero-order valence-corrected chi connectivity index (χ0v) is 12.4. The highest BCUT2D eigenvalue weighted by Gasteiger charge is 2.38. The molecule has 0 saturated carbocycles. The molecule has 2 aromatic heterocycles. The lowest BCUT2D eigenvalue weighted by atomic mass is 10.1. The smallest absolute Gasteiger partial charge is 0.358 e. The topological polar surface area (TPSA) is 59.8 Å². The number of halogens is 3. The van der Waals surface area contributed by atoms with E-state index in [9.17, 15) is 18.0 Å². The summed E-state index contributed by atoms with van der Waals surface area (Å²) in [4.78, 5) is 15.8. The van der Waals surface area contributed by atoms with Crippen LogP contribution >= 0.6 is 0 Å². The number of carbonyl (C=O) groups is 1. The number of amides is 1. The van der Waals surface area contributed by atoms with Crippen LogP contribution in [0.5, 0.6) is 0 Å². The van der Waals surface area contributed by atoms with E-state index < -0.39 is 17.8 Å². The Kier molecular flexibility index (Phi) is 3.46. The van der Waals surface area contributed by atoms with Crippen molar-refractivity contribution in [2.75, 3.05) is 7.05 Å². The fourth-order valence-corrected chi connectivity index (χ4v) is 2.57. The molecule has 0 aliphatic rings. The van der Waals surface area contributed by atoms with E-state index in [0.29, 0.717) is 16.5 Å². The van der Waals surface area contributed by atoms with Crippen LogP contribution in [0, 0.1) is 6.92 Å². The first-order valence-electron chi connectivity index (χ1n) is 6.86. The van der Waals surface area contributed by atoms with Crippen LogP contribution < -0.4 is 5.32 Å². The Hall–Kier alpha value is -2.64. The zero-order valence-electron chi connectivity index (χ0n) is 12.4. The standard InChI is InChI=1S/C15H13F3N4O/c1-8-9-5-3-4-6-10(9)20-14-12(8)13(15(16,17)18)21-22(14)7-11(23)19-2/h3-6H,7H2,1-2H3,(H,19,23). The average Bonchev–Trinajstić information content (AvgIpc) is 2.86. The molecule has 3 rings (SSSR count). The van der Waals surface area contributed by atoms with Crippen LogP contribution in [0.25, 0.3) is 21.9 Å².